The predicted octanol–water partition coefficient (Wildman–Crippen LogP) is 6.02. The number of hydrogen-bond acceptors (Lipinski definition) is 7. The van der Waals surface area contributed by atoms with Gasteiger partial charge < -0.3 is 14.8 Å². The average molecular weight is 426 g/mol. The van der Waals surface area contributed by atoms with Crippen LogP contribution < -0.4 is 10.1 Å². The lowest BCUT2D eigenvalue weighted by Gasteiger charge is -2.21. The fraction of sp³-hybridized carbons (Fsp3) is 0.435. The Bertz CT molecular complexity index is 1040. The first-order valence-corrected chi connectivity index (χ1v) is 11.3. The molecule has 158 valence electrons. The van der Waals surface area contributed by atoms with Crippen LogP contribution in [0.2, 0.25) is 0 Å². The van der Waals surface area contributed by atoms with Crippen molar-refractivity contribution in [1.82, 2.24) is 9.97 Å². The monoisotopic (exact) mass is 425 g/mol. The molecule has 30 heavy (non-hydrogen) atoms. The molecule has 3 aromatic rings. The van der Waals surface area contributed by atoms with E-state index in [0.717, 1.165) is 52.9 Å². The second-order valence-corrected chi connectivity index (χ2v) is 8.91. The number of carbonyl (C=O) groups is 1. The molecule has 0 radical (unpaired) electrons. The van der Waals surface area contributed by atoms with Crippen LogP contribution in [-0.2, 0) is 4.74 Å². The van der Waals surface area contributed by atoms with Crippen LogP contribution in [-0.4, -0.2) is 28.1 Å². The number of thiophene rings is 1. The van der Waals surface area contributed by atoms with E-state index >= 15 is 0 Å². The van der Waals surface area contributed by atoms with Crippen LogP contribution in [0.25, 0.3) is 10.2 Å². The van der Waals surface area contributed by atoms with Crippen LogP contribution in [0.4, 0.5) is 11.5 Å². The SMILES string of the molecule is Cc1c(C(=O)OC2CCCCC2)sc2ncnc(Nc3ccccc3OC(C)C)c12. The smallest absolute Gasteiger partial charge is 0.348 e. The quantitative estimate of drug-likeness (QED) is 0.487. The number of aromatic nitrogens is 2. The summed E-state index contributed by atoms with van der Waals surface area (Å²) in [6.45, 7) is 5.92. The summed E-state index contributed by atoms with van der Waals surface area (Å²) < 4.78 is 11.7. The molecule has 0 aliphatic heterocycles. The average Bonchev–Trinajstić information content (AvgIpc) is 3.07. The normalized spacial score (nSPS) is 14.8. The van der Waals surface area contributed by atoms with Gasteiger partial charge in [-0.05, 0) is 64.2 Å². The van der Waals surface area contributed by atoms with E-state index < -0.39 is 0 Å². The van der Waals surface area contributed by atoms with Gasteiger partial charge in [0.15, 0.2) is 0 Å². The molecule has 1 fully saturated rings. The Morgan fingerprint density at radius 2 is 1.93 bits per heavy atom. The number of nitrogens with one attached hydrogen (secondary N) is 1. The number of ether oxygens (including phenoxy) is 2. The lowest BCUT2D eigenvalue weighted by Crippen LogP contribution is -2.20. The summed E-state index contributed by atoms with van der Waals surface area (Å²) in [6, 6.07) is 7.76. The molecule has 2 aromatic heterocycles. The van der Waals surface area contributed by atoms with E-state index in [2.05, 4.69) is 15.3 Å². The molecule has 7 heteroatoms. The highest BCUT2D eigenvalue weighted by Gasteiger charge is 2.24. The number of rotatable bonds is 6. The first kappa shape index (κ1) is 20.6. The molecule has 2 heterocycles. The lowest BCUT2D eigenvalue weighted by atomic mass is 9.98. The Morgan fingerprint density at radius 1 is 1.17 bits per heavy atom. The summed E-state index contributed by atoms with van der Waals surface area (Å²) in [6.07, 6.45) is 6.98. The maximum Gasteiger partial charge on any atom is 0.348 e. The zero-order valence-corrected chi connectivity index (χ0v) is 18.4. The van der Waals surface area contributed by atoms with Crippen LogP contribution in [0, 0.1) is 6.92 Å². The van der Waals surface area contributed by atoms with Crippen LogP contribution in [0.3, 0.4) is 0 Å². The summed E-state index contributed by atoms with van der Waals surface area (Å²) >= 11 is 1.36. The van der Waals surface area contributed by atoms with Gasteiger partial charge in [0.05, 0.1) is 17.2 Å². The van der Waals surface area contributed by atoms with Gasteiger partial charge in [-0.3, -0.25) is 0 Å². The summed E-state index contributed by atoms with van der Waals surface area (Å²) in [7, 11) is 0. The molecule has 0 spiro atoms. The molecule has 1 saturated carbocycles. The maximum absolute atomic E-state index is 12.8. The summed E-state index contributed by atoms with van der Waals surface area (Å²) in [5.74, 6) is 1.16. The van der Waals surface area contributed by atoms with Gasteiger partial charge >= 0.3 is 5.97 Å². The molecular formula is C23H27N3O3S. The van der Waals surface area contributed by atoms with Gasteiger partial charge in [0.25, 0.3) is 0 Å². The van der Waals surface area contributed by atoms with Crippen LogP contribution in [0.15, 0.2) is 30.6 Å². The van der Waals surface area contributed by atoms with E-state index in [0.29, 0.717) is 10.7 Å². The maximum atomic E-state index is 12.8. The van der Waals surface area contributed by atoms with Gasteiger partial charge in [-0.1, -0.05) is 18.6 Å². The van der Waals surface area contributed by atoms with Gasteiger partial charge in [-0.25, -0.2) is 14.8 Å². The lowest BCUT2D eigenvalue weighted by molar-refractivity contribution is 0.0216. The van der Waals surface area contributed by atoms with E-state index in [1.54, 1.807) is 0 Å². The van der Waals surface area contributed by atoms with Gasteiger partial charge in [0.2, 0.25) is 0 Å². The molecule has 4 rings (SSSR count). The van der Waals surface area contributed by atoms with Gasteiger partial charge in [-0.2, -0.15) is 0 Å². The number of para-hydroxylation sites is 2. The molecule has 0 saturated heterocycles. The van der Waals surface area contributed by atoms with Crippen molar-refractivity contribution in [2.45, 2.75) is 65.1 Å². The second kappa shape index (κ2) is 9.00. The van der Waals surface area contributed by atoms with E-state index in [-0.39, 0.29) is 18.2 Å². The van der Waals surface area contributed by atoms with Crippen LogP contribution in [0.1, 0.15) is 61.2 Å². The molecule has 0 bridgehead atoms. The number of anilines is 2. The predicted molar refractivity (Wildman–Crippen MR) is 120 cm³/mol. The van der Waals surface area contributed by atoms with Crippen molar-refractivity contribution in [3.8, 4) is 5.75 Å². The largest absolute Gasteiger partial charge is 0.489 e. The highest BCUT2D eigenvalue weighted by molar-refractivity contribution is 7.20. The van der Waals surface area contributed by atoms with E-state index in [4.69, 9.17) is 9.47 Å². The Kier molecular flexibility index (Phi) is 6.18. The number of benzene rings is 1. The summed E-state index contributed by atoms with van der Waals surface area (Å²) in [5.41, 5.74) is 1.67. The van der Waals surface area contributed by atoms with Crippen molar-refractivity contribution in [2.75, 3.05) is 5.32 Å². The van der Waals surface area contributed by atoms with Gasteiger partial charge in [0, 0.05) is 0 Å². The Balaban J connectivity index is 1.64. The van der Waals surface area contributed by atoms with Crippen molar-refractivity contribution in [3.05, 3.63) is 41.0 Å². The number of fused-ring (bicyclic) bond motifs is 1. The number of carbonyl (C=O) groups excluding carboxylic acids is 1. The Labute approximate surface area is 180 Å². The molecule has 0 unspecified atom stereocenters. The zero-order chi connectivity index (χ0) is 21.1. The van der Waals surface area contributed by atoms with Crippen molar-refractivity contribution < 1.29 is 14.3 Å². The first-order chi connectivity index (χ1) is 14.5. The van der Waals surface area contributed by atoms with Crippen LogP contribution in [0.5, 0.6) is 5.75 Å². The fourth-order valence-corrected chi connectivity index (χ4v) is 4.83. The molecule has 1 aromatic carbocycles. The van der Waals surface area contributed by atoms with Crippen molar-refractivity contribution in [2.24, 2.45) is 0 Å². The second-order valence-electron chi connectivity index (χ2n) is 7.91. The first-order valence-electron chi connectivity index (χ1n) is 10.5. The van der Waals surface area contributed by atoms with Crippen molar-refractivity contribution in [3.63, 3.8) is 0 Å². The zero-order valence-electron chi connectivity index (χ0n) is 17.6. The third-order valence-electron chi connectivity index (χ3n) is 5.24. The number of nitrogens with zero attached hydrogens (tertiary/aromatic N) is 2. The highest BCUT2D eigenvalue weighted by atomic mass is 32.1. The third kappa shape index (κ3) is 4.41. The summed E-state index contributed by atoms with van der Waals surface area (Å²) in [5, 5.41) is 4.22. The van der Waals surface area contributed by atoms with Gasteiger partial charge in [0.1, 0.15) is 33.7 Å². The fourth-order valence-electron chi connectivity index (χ4n) is 3.80. The molecule has 1 N–H and O–H groups in total. The molecule has 1 aliphatic carbocycles. The minimum atomic E-state index is -0.253. The molecule has 0 amide bonds. The molecule has 1 aliphatic rings. The number of hydrogen-bond donors (Lipinski definition) is 1. The number of esters is 1. The van der Waals surface area contributed by atoms with Crippen LogP contribution >= 0.6 is 11.3 Å². The highest BCUT2D eigenvalue weighted by Crippen LogP contribution is 2.37. The van der Waals surface area contributed by atoms with Crippen molar-refractivity contribution in [1.29, 1.82) is 0 Å². The van der Waals surface area contributed by atoms with Crippen molar-refractivity contribution >= 4 is 39.0 Å². The third-order valence-corrected chi connectivity index (χ3v) is 6.42. The minimum absolute atomic E-state index is 0.0274. The minimum Gasteiger partial charge on any atom is -0.489 e. The summed E-state index contributed by atoms with van der Waals surface area (Å²) in [4.78, 5) is 23.1. The van der Waals surface area contributed by atoms with E-state index in [1.807, 2.05) is 45.0 Å². The number of aryl methyl sites for hydroxylation is 1. The standard InChI is InChI=1S/C23H27N3O3S/c1-14(2)28-18-12-8-7-11-17(18)26-21-19-15(3)20(30-22(19)25-13-24-21)23(27)29-16-9-5-4-6-10-16/h7-8,11-14,16H,4-6,9-10H2,1-3H3,(H,24,25,26). The topological polar surface area (TPSA) is 73.3 Å². The Hall–Kier alpha value is -2.67. The van der Waals surface area contributed by atoms with E-state index in [1.165, 1.54) is 24.1 Å². The molecular weight excluding hydrogens is 398 g/mol. The molecule has 0 atom stereocenters. The van der Waals surface area contributed by atoms with E-state index in [9.17, 15) is 4.79 Å². The Morgan fingerprint density at radius 3 is 2.70 bits per heavy atom. The van der Waals surface area contributed by atoms with Gasteiger partial charge in [-0.15, -0.1) is 11.3 Å². The molecule has 6 nitrogen and oxygen atoms in total.